The number of hydrogen-bond acceptors (Lipinski definition) is 2. The molecule has 0 radical (unpaired) electrons. The van der Waals surface area contributed by atoms with Crippen molar-refractivity contribution in [1.29, 1.82) is 0 Å². The fourth-order valence-corrected chi connectivity index (χ4v) is 2.43. The summed E-state index contributed by atoms with van der Waals surface area (Å²) in [6.07, 6.45) is 8.60. The third-order valence-corrected chi connectivity index (χ3v) is 3.49. The van der Waals surface area contributed by atoms with Crippen LogP contribution in [-0.4, -0.2) is 12.6 Å². The van der Waals surface area contributed by atoms with Gasteiger partial charge in [0.25, 0.3) is 0 Å². The van der Waals surface area contributed by atoms with Crippen molar-refractivity contribution in [2.45, 2.75) is 44.7 Å². The van der Waals surface area contributed by atoms with Crippen molar-refractivity contribution >= 4 is 0 Å². The summed E-state index contributed by atoms with van der Waals surface area (Å²) in [5.41, 5.74) is 1.33. The van der Waals surface area contributed by atoms with E-state index >= 15 is 0 Å². The fraction of sp³-hybridized carbons (Fsp3) is 0.500. The van der Waals surface area contributed by atoms with E-state index in [-0.39, 0.29) is 0 Å². The van der Waals surface area contributed by atoms with Gasteiger partial charge in [0, 0.05) is 12.6 Å². The molecule has 2 heteroatoms. The zero-order valence-electron chi connectivity index (χ0n) is 11.0. The lowest BCUT2D eigenvalue weighted by molar-refractivity contribution is 0.362. The third kappa shape index (κ3) is 4.19. The maximum absolute atomic E-state index is 5.47. The minimum Gasteiger partial charge on any atom is -0.490 e. The fourth-order valence-electron chi connectivity index (χ4n) is 2.43. The summed E-state index contributed by atoms with van der Waals surface area (Å²) >= 11 is 0. The average Bonchev–Trinajstić information content (AvgIpc) is 2.45. The molecule has 0 heterocycles. The predicted molar refractivity (Wildman–Crippen MR) is 75.8 cm³/mol. The van der Waals surface area contributed by atoms with Crippen molar-refractivity contribution in [3.05, 3.63) is 42.5 Å². The first-order valence-electron chi connectivity index (χ1n) is 6.94. The number of rotatable bonds is 6. The third-order valence-electron chi connectivity index (χ3n) is 3.49. The molecule has 0 bridgehead atoms. The van der Waals surface area contributed by atoms with E-state index in [0.29, 0.717) is 6.61 Å². The second-order valence-corrected chi connectivity index (χ2v) is 4.96. The molecule has 0 amide bonds. The molecule has 0 spiro atoms. The summed E-state index contributed by atoms with van der Waals surface area (Å²) in [5, 5.41) is 3.64. The summed E-state index contributed by atoms with van der Waals surface area (Å²) in [5.74, 6) is 0.913. The van der Waals surface area contributed by atoms with Gasteiger partial charge < -0.3 is 10.1 Å². The van der Waals surface area contributed by atoms with Gasteiger partial charge in [0.2, 0.25) is 0 Å². The van der Waals surface area contributed by atoms with E-state index < -0.39 is 0 Å². The molecule has 98 valence electrons. The van der Waals surface area contributed by atoms with E-state index in [1.807, 2.05) is 12.1 Å². The van der Waals surface area contributed by atoms with Crippen molar-refractivity contribution in [2.75, 3.05) is 6.61 Å². The SMILES string of the molecule is C=CCOc1ccc(CNC2CCCCC2)cc1. The lowest BCUT2D eigenvalue weighted by Gasteiger charge is -2.22. The Bertz CT molecular complexity index is 352. The molecule has 1 saturated carbocycles. The lowest BCUT2D eigenvalue weighted by atomic mass is 9.95. The zero-order valence-corrected chi connectivity index (χ0v) is 11.0. The molecule has 0 unspecified atom stereocenters. The van der Waals surface area contributed by atoms with Gasteiger partial charge in [-0.1, -0.05) is 44.1 Å². The second-order valence-electron chi connectivity index (χ2n) is 4.96. The van der Waals surface area contributed by atoms with Crippen LogP contribution in [0.2, 0.25) is 0 Å². The van der Waals surface area contributed by atoms with Crippen molar-refractivity contribution in [1.82, 2.24) is 5.32 Å². The molecule has 1 aromatic rings. The average molecular weight is 245 g/mol. The monoisotopic (exact) mass is 245 g/mol. The van der Waals surface area contributed by atoms with Crippen LogP contribution in [0.1, 0.15) is 37.7 Å². The molecule has 1 aliphatic rings. The van der Waals surface area contributed by atoms with Crippen LogP contribution in [0.15, 0.2) is 36.9 Å². The van der Waals surface area contributed by atoms with Gasteiger partial charge in [0.05, 0.1) is 0 Å². The highest BCUT2D eigenvalue weighted by molar-refractivity contribution is 5.27. The Morgan fingerprint density at radius 3 is 2.56 bits per heavy atom. The van der Waals surface area contributed by atoms with E-state index in [1.54, 1.807) is 6.08 Å². The highest BCUT2D eigenvalue weighted by atomic mass is 16.5. The highest BCUT2D eigenvalue weighted by Gasteiger charge is 2.12. The predicted octanol–water partition coefficient (Wildman–Crippen LogP) is 3.67. The molecular weight excluding hydrogens is 222 g/mol. The van der Waals surface area contributed by atoms with Crippen LogP contribution in [0.25, 0.3) is 0 Å². The lowest BCUT2D eigenvalue weighted by Crippen LogP contribution is -2.30. The van der Waals surface area contributed by atoms with E-state index in [1.165, 1.54) is 37.7 Å². The first-order valence-corrected chi connectivity index (χ1v) is 6.94. The van der Waals surface area contributed by atoms with Crippen LogP contribution in [-0.2, 0) is 6.54 Å². The number of ether oxygens (including phenoxy) is 1. The molecule has 0 saturated heterocycles. The van der Waals surface area contributed by atoms with Gasteiger partial charge >= 0.3 is 0 Å². The summed E-state index contributed by atoms with van der Waals surface area (Å²) in [7, 11) is 0. The first-order chi connectivity index (χ1) is 8.88. The molecule has 1 N–H and O–H groups in total. The van der Waals surface area contributed by atoms with Crippen LogP contribution < -0.4 is 10.1 Å². The Balaban J connectivity index is 1.76. The van der Waals surface area contributed by atoms with Crippen molar-refractivity contribution in [2.24, 2.45) is 0 Å². The summed E-state index contributed by atoms with van der Waals surface area (Å²) < 4.78 is 5.47. The number of nitrogens with one attached hydrogen (secondary N) is 1. The van der Waals surface area contributed by atoms with Gasteiger partial charge in [0.15, 0.2) is 0 Å². The van der Waals surface area contributed by atoms with Crippen LogP contribution in [0.5, 0.6) is 5.75 Å². The van der Waals surface area contributed by atoms with Crippen molar-refractivity contribution in [3.63, 3.8) is 0 Å². The van der Waals surface area contributed by atoms with Crippen LogP contribution in [0, 0.1) is 0 Å². The number of benzene rings is 1. The number of hydrogen-bond donors (Lipinski definition) is 1. The smallest absolute Gasteiger partial charge is 0.119 e. The minimum absolute atomic E-state index is 0.569. The topological polar surface area (TPSA) is 21.3 Å². The molecular formula is C16H23NO. The van der Waals surface area contributed by atoms with E-state index in [9.17, 15) is 0 Å². The molecule has 2 rings (SSSR count). The molecule has 0 aliphatic heterocycles. The highest BCUT2D eigenvalue weighted by Crippen LogP contribution is 2.18. The normalized spacial score (nSPS) is 16.4. The first kappa shape index (κ1) is 13.2. The Hall–Kier alpha value is -1.28. The summed E-state index contributed by atoms with van der Waals surface area (Å²) in [6.45, 7) is 5.17. The summed E-state index contributed by atoms with van der Waals surface area (Å²) in [4.78, 5) is 0. The molecule has 0 atom stereocenters. The second kappa shape index (κ2) is 7.22. The maximum atomic E-state index is 5.47. The van der Waals surface area contributed by atoms with Gasteiger partial charge in [-0.25, -0.2) is 0 Å². The van der Waals surface area contributed by atoms with E-state index in [4.69, 9.17) is 4.74 Å². The van der Waals surface area contributed by atoms with Crippen LogP contribution >= 0.6 is 0 Å². The van der Waals surface area contributed by atoms with Crippen LogP contribution in [0.3, 0.4) is 0 Å². The zero-order chi connectivity index (χ0) is 12.6. The van der Waals surface area contributed by atoms with Gasteiger partial charge in [0.1, 0.15) is 12.4 Å². The van der Waals surface area contributed by atoms with E-state index in [0.717, 1.165) is 18.3 Å². The molecule has 2 nitrogen and oxygen atoms in total. The van der Waals surface area contributed by atoms with Crippen molar-refractivity contribution < 1.29 is 4.74 Å². The van der Waals surface area contributed by atoms with Crippen LogP contribution in [0.4, 0.5) is 0 Å². The minimum atomic E-state index is 0.569. The largest absolute Gasteiger partial charge is 0.490 e. The molecule has 0 aromatic heterocycles. The molecule has 1 aliphatic carbocycles. The van der Waals surface area contributed by atoms with Gasteiger partial charge in [-0.2, -0.15) is 0 Å². The van der Waals surface area contributed by atoms with Gasteiger partial charge in [-0.3, -0.25) is 0 Å². The maximum Gasteiger partial charge on any atom is 0.119 e. The standard InChI is InChI=1S/C16H23NO/c1-2-12-18-16-10-8-14(9-11-16)13-17-15-6-4-3-5-7-15/h2,8-11,15,17H,1,3-7,12-13H2. The quantitative estimate of drug-likeness (QED) is 0.772. The Kier molecular flexibility index (Phi) is 5.28. The Morgan fingerprint density at radius 1 is 1.17 bits per heavy atom. The Labute approximate surface area is 110 Å². The van der Waals surface area contributed by atoms with Gasteiger partial charge in [-0.15, -0.1) is 0 Å². The van der Waals surface area contributed by atoms with Crippen molar-refractivity contribution in [3.8, 4) is 5.75 Å². The van der Waals surface area contributed by atoms with Gasteiger partial charge in [-0.05, 0) is 30.5 Å². The van der Waals surface area contributed by atoms with E-state index in [2.05, 4.69) is 24.0 Å². The molecule has 1 aromatic carbocycles. The molecule has 1 fully saturated rings. The molecule has 18 heavy (non-hydrogen) atoms. The summed E-state index contributed by atoms with van der Waals surface area (Å²) in [6, 6.07) is 9.04. The Morgan fingerprint density at radius 2 is 1.89 bits per heavy atom.